The maximum absolute atomic E-state index is 11.6. The molecule has 0 aromatic heterocycles. The van der Waals surface area contributed by atoms with E-state index in [2.05, 4.69) is 26.6 Å². The molecule has 0 bridgehead atoms. The number of anilines is 1. The number of carbonyl (C=O) groups is 2. The van der Waals surface area contributed by atoms with Crippen LogP contribution < -0.4 is 15.7 Å². The summed E-state index contributed by atoms with van der Waals surface area (Å²) in [6.45, 7) is 3.39. The largest absolute Gasteiger partial charge is 0.548 e. The quantitative estimate of drug-likeness (QED) is 0.880. The predicted molar refractivity (Wildman–Crippen MR) is 69.9 cm³/mol. The van der Waals surface area contributed by atoms with Gasteiger partial charge in [-0.25, -0.2) is 4.79 Å². The zero-order chi connectivity index (χ0) is 13.7. The Morgan fingerprint density at radius 3 is 2.50 bits per heavy atom. The van der Waals surface area contributed by atoms with Crippen LogP contribution in [0.3, 0.4) is 0 Å². The number of nitrogens with one attached hydrogen (secondary N) is 2. The molecule has 2 amide bonds. The van der Waals surface area contributed by atoms with Crippen LogP contribution in [0, 0.1) is 5.92 Å². The Morgan fingerprint density at radius 2 is 2.00 bits per heavy atom. The van der Waals surface area contributed by atoms with Crippen LogP contribution in [-0.4, -0.2) is 18.0 Å². The lowest BCUT2D eigenvalue weighted by Crippen LogP contribution is -2.51. The smallest absolute Gasteiger partial charge is 0.319 e. The van der Waals surface area contributed by atoms with Gasteiger partial charge in [0, 0.05) is 10.2 Å². The molecule has 1 unspecified atom stereocenters. The second-order valence-electron chi connectivity index (χ2n) is 4.15. The number of hydrogen-bond acceptors (Lipinski definition) is 3. The number of carboxylic acids is 1. The van der Waals surface area contributed by atoms with Crippen LogP contribution in [-0.2, 0) is 4.79 Å². The van der Waals surface area contributed by atoms with E-state index in [0.29, 0.717) is 5.69 Å². The molecule has 18 heavy (non-hydrogen) atoms. The van der Waals surface area contributed by atoms with Crippen molar-refractivity contribution in [2.45, 2.75) is 19.9 Å². The second kappa shape index (κ2) is 6.39. The maximum Gasteiger partial charge on any atom is 0.319 e. The van der Waals surface area contributed by atoms with E-state index in [1.54, 1.807) is 32.0 Å². The van der Waals surface area contributed by atoms with Crippen molar-refractivity contribution in [3.8, 4) is 0 Å². The van der Waals surface area contributed by atoms with Crippen molar-refractivity contribution in [1.82, 2.24) is 5.32 Å². The van der Waals surface area contributed by atoms with Gasteiger partial charge in [-0.3, -0.25) is 0 Å². The maximum atomic E-state index is 11.6. The highest BCUT2D eigenvalue weighted by atomic mass is 79.9. The Morgan fingerprint density at radius 1 is 1.33 bits per heavy atom. The van der Waals surface area contributed by atoms with Crippen LogP contribution in [0.15, 0.2) is 28.7 Å². The third kappa shape index (κ3) is 4.37. The van der Waals surface area contributed by atoms with Gasteiger partial charge in [-0.2, -0.15) is 0 Å². The molecule has 1 atom stereocenters. The molecular formula is C12H14BrN2O3-. The van der Waals surface area contributed by atoms with Gasteiger partial charge >= 0.3 is 6.03 Å². The second-order valence-corrected chi connectivity index (χ2v) is 5.07. The van der Waals surface area contributed by atoms with Gasteiger partial charge in [-0.1, -0.05) is 35.8 Å². The molecule has 0 saturated heterocycles. The summed E-state index contributed by atoms with van der Waals surface area (Å²) in [5.41, 5.74) is 0.572. The topological polar surface area (TPSA) is 81.3 Å². The number of hydrogen-bond donors (Lipinski definition) is 2. The first-order valence-corrected chi connectivity index (χ1v) is 6.23. The average Bonchev–Trinajstić information content (AvgIpc) is 2.25. The van der Waals surface area contributed by atoms with Gasteiger partial charge in [0.25, 0.3) is 0 Å². The normalized spacial score (nSPS) is 12.0. The molecule has 0 aliphatic carbocycles. The fraction of sp³-hybridized carbons (Fsp3) is 0.333. The summed E-state index contributed by atoms with van der Waals surface area (Å²) in [6, 6.07) is 5.41. The first-order valence-electron chi connectivity index (χ1n) is 5.44. The van der Waals surface area contributed by atoms with E-state index in [0.717, 1.165) is 4.47 Å². The van der Waals surface area contributed by atoms with E-state index < -0.39 is 18.0 Å². The van der Waals surface area contributed by atoms with Crippen LogP contribution >= 0.6 is 15.9 Å². The Balaban J connectivity index is 2.63. The standard InChI is InChI=1S/C12H15BrN2O3/c1-7(2)10(11(16)17)15-12(18)14-9-5-3-4-8(13)6-9/h3-7,10H,1-2H3,(H,16,17)(H2,14,15,18)/p-1. The molecule has 1 aromatic rings. The summed E-state index contributed by atoms with van der Waals surface area (Å²) in [5.74, 6) is -1.54. The SMILES string of the molecule is CC(C)C(NC(=O)Nc1cccc(Br)c1)C(=O)[O-]. The minimum Gasteiger partial charge on any atom is -0.548 e. The van der Waals surface area contributed by atoms with Crippen molar-refractivity contribution in [1.29, 1.82) is 0 Å². The van der Waals surface area contributed by atoms with Crippen molar-refractivity contribution in [2.75, 3.05) is 5.32 Å². The van der Waals surface area contributed by atoms with Crippen molar-refractivity contribution < 1.29 is 14.7 Å². The van der Waals surface area contributed by atoms with Gasteiger partial charge in [-0.15, -0.1) is 0 Å². The highest BCUT2D eigenvalue weighted by molar-refractivity contribution is 9.10. The zero-order valence-electron chi connectivity index (χ0n) is 10.1. The first-order chi connectivity index (χ1) is 8.40. The number of carboxylic acid groups (broad SMARTS) is 1. The molecule has 0 aliphatic heterocycles. The highest BCUT2D eigenvalue weighted by Crippen LogP contribution is 2.15. The van der Waals surface area contributed by atoms with Crippen molar-refractivity contribution in [3.05, 3.63) is 28.7 Å². The Kier molecular flexibility index (Phi) is 5.15. The molecule has 0 fully saturated rings. The van der Waals surface area contributed by atoms with Gasteiger partial charge in [0.1, 0.15) is 0 Å². The molecule has 5 nitrogen and oxygen atoms in total. The highest BCUT2D eigenvalue weighted by Gasteiger charge is 2.17. The van der Waals surface area contributed by atoms with Gasteiger partial charge < -0.3 is 20.5 Å². The number of urea groups is 1. The lowest BCUT2D eigenvalue weighted by Gasteiger charge is -2.23. The van der Waals surface area contributed by atoms with Crippen LogP contribution in [0.4, 0.5) is 10.5 Å². The van der Waals surface area contributed by atoms with Crippen LogP contribution in [0.2, 0.25) is 0 Å². The van der Waals surface area contributed by atoms with Gasteiger partial charge in [0.05, 0.1) is 12.0 Å². The fourth-order valence-corrected chi connectivity index (χ4v) is 1.77. The molecule has 2 N–H and O–H groups in total. The van der Waals surface area contributed by atoms with E-state index in [1.165, 1.54) is 0 Å². The Hall–Kier alpha value is -1.56. The first kappa shape index (κ1) is 14.5. The molecule has 0 radical (unpaired) electrons. The number of rotatable bonds is 4. The minimum absolute atomic E-state index is 0.247. The number of amides is 2. The lowest BCUT2D eigenvalue weighted by atomic mass is 10.1. The molecule has 0 heterocycles. The molecule has 0 aliphatic rings. The molecular weight excluding hydrogens is 300 g/mol. The Labute approximate surface area is 114 Å². The van der Waals surface area contributed by atoms with Crippen LogP contribution in [0.5, 0.6) is 0 Å². The van der Waals surface area contributed by atoms with Crippen molar-refractivity contribution in [3.63, 3.8) is 0 Å². The number of halogens is 1. The lowest BCUT2D eigenvalue weighted by molar-refractivity contribution is -0.309. The minimum atomic E-state index is -1.30. The monoisotopic (exact) mass is 313 g/mol. The third-order valence-corrected chi connectivity index (χ3v) is 2.78. The summed E-state index contributed by atoms with van der Waals surface area (Å²) in [4.78, 5) is 22.4. The number of benzene rings is 1. The van der Waals surface area contributed by atoms with E-state index in [9.17, 15) is 14.7 Å². The van der Waals surface area contributed by atoms with Crippen molar-refractivity contribution >= 4 is 33.6 Å². The molecule has 0 saturated carbocycles. The van der Waals surface area contributed by atoms with E-state index in [-0.39, 0.29) is 5.92 Å². The zero-order valence-corrected chi connectivity index (χ0v) is 11.7. The van der Waals surface area contributed by atoms with Crippen molar-refractivity contribution in [2.24, 2.45) is 5.92 Å². The Bertz CT molecular complexity index is 449. The summed E-state index contributed by atoms with van der Waals surface area (Å²) >= 11 is 3.27. The molecule has 6 heteroatoms. The van der Waals surface area contributed by atoms with E-state index in [4.69, 9.17) is 0 Å². The summed E-state index contributed by atoms with van der Waals surface area (Å²) in [6.07, 6.45) is 0. The van der Waals surface area contributed by atoms with E-state index in [1.807, 2.05) is 6.07 Å². The van der Waals surface area contributed by atoms with E-state index >= 15 is 0 Å². The number of aliphatic carboxylic acids is 1. The van der Waals surface area contributed by atoms with Crippen LogP contribution in [0.25, 0.3) is 0 Å². The molecule has 0 spiro atoms. The third-order valence-electron chi connectivity index (χ3n) is 2.29. The van der Waals surface area contributed by atoms with Gasteiger partial charge in [0.15, 0.2) is 0 Å². The van der Waals surface area contributed by atoms with Gasteiger partial charge in [0.2, 0.25) is 0 Å². The fourth-order valence-electron chi connectivity index (χ4n) is 1.37. The summed E-state index contributed by atoms with van der Waals surface area (Å²) in [7, 11) is 0. The summed E-state index contributed by atoms with van der Waals surface area (Å²) in [5, 5.41) is 15.7. The summed E-state index contributed by atoms with van der Waals surface area (Å²) < 4.78 is 0.820. The average molecular weight is 314 g/mol. The number of carbonyl (C=O) groups excluding carboxylic acids is 2. The molecule has 1 rings (SSSR count). The van der Waals surface area contributed by atoms with Crippen LogP contribution in [0.1, 0.15) is 13.8 Å². The molecule has 98 valence electrons. The predicted octanol–water partition coefficient (Wildman–Crippen LogP) is 1.35. The van der Waals surface area contributed by atoms with Gasteiger partial charge in [-0.05, 0) is 24.1 Å². The molecule has 1 aromatic carbocycles.